The number of nitrogens with zero attached hydrogens (tertiary/aromatic N) is 4. The first-order valence-corrected chi connectivity index (χ1v) is 23.5. The smallest absolute Gasteiger partial charge is 0.164 e. The Kier molecular flexibility index (Phi) is 8.92. The van der Waals surface area contributed by atoms with E-state index in [0.29, 0.717) is 17.5 Å². The maximum absolute atomic E-state index is 7.35. The van der Waals surface area contributed by atoms with Crippen LogP contribution in [0.1, 0.15) is 17.7 Å². The van der Waals surface area contributed by atoms with Crippen LogP contribution in [0.3, 0.4) is 0 Å². The molecule has 9 aromatic carbocycles. The number of benzene rings is 9. The number of allylic oxidation sites excluding steroid dienone is 1. The number of furan rings is 2. The van der Waals surface area contributed by atoms with Crippen molar-refractivity contribution in [2.45, 2.75) is 12.8 Å². The molecule has 6 nitrogen and oxygen atoms in total. The summed E-state index contributed by atoms with van der Waals surface area (Å²) in [6.45, 7) is 0. The van der Waals surface area contributed by atoms with Crippen molar-refractivity contribution in [1.82, 2.24) is 19.5 Å². The highest BCUT2D eigenvalue weighted by molar-refractivity contribution is 6.16. The lowest BCUT2D eigenvalue weighted by molar-refractivity contribution is 0.595. The molecule has 4 heterocycles. The van der Waals surface area contributed by atoms with Crippen LogP contribution in [0.25, 0.3) is 134 Å². The molecule has 69 heavy (non-hydrogen) atoms. The predicted molar refractivity (Wildman–Crippen MR) is 281 cm³/mol. The minimum absolute atomic E-state index is 0.556. The van der Waals surface area contributed by atoms with E-state index in [1.807, 2.05) is 36.4 Å². The lowest BCUT2D eigenvalue weighted by Crippen LogP contribution is -2.01. The summed E-state index contributed by atoms with van der Waals surface area (Å²) in [5.41, 5.74) is 16.0. The van der Waals surface area contributed by atoms with E-state index < -0.39 is 0 Å². The third kappa shape index (κ3) is 6.45. The Morgan fingerprint density at radius 2 is 1.00 bits per heavy atom. The number of aromatic nitrogens is 4. The molecule has 13 aromatic rings. The van der Waals surface area contributed by atoms with Crippen LogP contribution in [0.2, 0.25) is 0 Å². The predicted octanol–water partition coefficient (Wildman–Crippen LogP) is 16.6. The second-order valence-electron chi connectivity index (χ2n) is 17.8. The molecule has 0 aliphatic heterocycles. The van der Waals surface area contributed by atoms with Crippen molar-refractivity contribution in [1.29, 1.82) is 0 Å². The van der Waals surface area contributed by atoms with Crippen molar-refractivity contribution in [3.63, 3.8) is 0 Å². The average molecular weight is 885 g/mol. The van der Waals surface area contributed by atoms with Gasteiger partial charge in [0.2, 0.25) is 0 Å². The molecule has 0 amide bonds. The van der Waals surface area contributed by atoms with Gasteiger partial charge in [0, 0.05) is 66.0 Å². The van der Waals surface area contributed by atoms with Crippen LogP contribution in [0, 0.1) is 0 Å². The summed E-state index contributed by atoms with van der Waals surface area (Å²) in [7, 11) is 0. The third-order valence-corrected chi connectivity index (χ3v) is 13.8. The molecule has 0 saturated carbocycles. The van der Waals surface area contributed by atoms with Crippen molar-refractivity contribution in [2.24, 2.45) is 0 Å². The Bertz CT molecular complexity index is 4170. The van der Waals surface area contributed by atoms with Gasteiger partial charge in [-0.2, -0.15) is 0 Å². The second-order valence-corrected chi connectivity index (χ2v) is 17.8. The van der Waals surface area contributed by atoms with Crippen LogP contribution in [-0.2, 0) is 6.42 Å². The molecule has 0 fully saturated rings. The first-order chi connectivity index (χ1) is 34.2. The van der Waals surface area contributed by atoms with Gasteiger partial charge >= 0.3 is 0 Å². The molecule has 0 bridgehead atoms. The summed E-state index contributed by atoms with van der Waals surface area (Å²) in [6.07, 6.45) is 6.18. The van der Waals surface area contributed by atoms with Crippen molar-refractivity contribution in [3.8, 4) is 73.2 Å². The van der Waals surface area contributed by atoms with Crippen molar-refractivity contribution >= 4 is 60.8 Å². The van der Waals surface area contributed by atoms with E-state index in [1.54, 1.807) is 0 Å². The maximum Gasteiger partial charge on any atom is 0.164 e. The zero-order valence-corrected chi connectivity index (χ0v) is 37.3. The molecule has 14 rings (SSSR count). The minimum atomic E-state index is 0.556. The number of para-hydroxylation sites is 3. The first kappa shape index (κ1) is 39.1. The first-order valence-electron chi connectivity index (χ1n) is 23.5. The van der Waals surface area contributed by atoms with Crippen LogP contribution >= 0.6 is 0 Å². The fraction of sp³-hybridized carbons (Fsp3) is 0.0317. The number of hydrogen-bond donors (Lipinski definition) is 0. The summed E-state index contributed by atoms with van der Waals surface area (Å²) < 4.78 is 16.1. The Labute approximate surface area is 397 Å². The van der Waals surface area contributed by atoms with E-state index in [1.165, 1.54) is 21.9 Å². The second kappa shape index (κ2) is 15.8. The van der Waals surface area contributed by atoms with Gasteiger partial charge in [-0.25, -0.2) is 15.0 Å². The quantitative estimate of drug-likeness (QED) is 0.159. The van der Waals surface area contributed by atoms with Gasteiger partial charge in [-0.15, -0.1) is 0 Å². The van der Waals surface area contributed by atoms with Crippen LogP contribution < -0.4 is 0 Å². The van der Waals surface area contributed by atoms with E-state index in [-0.39, 0.29) is 0 Å². The van der Waals surface area contributed by atoms with Gasteiger partial charge in [-0.1, -0.05) is 164 Å². The lowest BCUT2D eigenvalue weighted by atomic mass is 9.93. The molecule has 0 radical (unpaired) electrons. The number of hydrogen-bond acceptors (Lipinski definition) is 5. The van der Waals surface area contributed by atoms with Crippen molar-refractivity contribution in [3.05, 3.63) is 224 Å². The fourth-order valence-electron chi connectivity index (χ4n) is 10.5. The molecule has 6 heteroatoms. The lowest BCUT2D eigenvalue weighted by Gasteiger charge is -2.13. The molecule has 0 N–H and O–H groups in total. The maximum atomic E-state index is 7.35. The number of rotatable bonds is 7. The van der Waals surface area contributed by atoms with E-state index in [9.17, 15) is 0 Å². The van der Waals surface area contributed by atoms with Gasteiger partial charge in [0.25, 0.3) is 0 Å². The standard InChI is InChI=1S/C63H40N4O2/c1-4-15-39(16-5-1)40-27-29-42(30-28-40)62-64-61(41-17-6-2-7-18-41)65-63(66-62)52-35-34-51-50-24-14-23-46(43-31-33-48-47-21-10-12-25-54(47)67(55(48)38-43)45-19-8-3-9-20-45)59(50)69-60(51)58(52)44-32-36-57-53(37-44)49-22-11-13-26-56(49)68-57/h1-10,12-21,23-38H,11,22H2. The van der Waals surface area contributed by atoms with E-state index in [0.717, 1.165) is 113 Å². The van der Waals surface area contributed by atoms with Gasteiger partial charge in [0.15, 0.2) is 17.5 Å². The van der Waals surface area contributed by atoms with Crippen LogP contribution in [0.15, 0.2) is 221 Å². The molecule has 1 aliphatic carbocycles. The van der Waals surface area contributed by atoms with E-state index >= 15 is 0 Å². The SMILES string of the molecule is C1=Cc2oc3ccc(-c4c(-c5nc(-c6ccccc6)nc(-c6ccc(-c7ccccc7)cc6)n5)ccc5c4oc4c(-c6ccc7c8ccccc8n(-c8ccccc8)c7c6)cccc45)cc3c2CC1. The van der Waals surface area contributed by atoms with Crippen LogP contribution in [-0.4, -0.2) is 19.5 Å². The topological polar surface area (TPSA) is 69.9 Å². The van der Waals surface area contributed by atoms with Gasteiger partial charge < -0.3 is 13.4 Å². The van der Waals surface area contributed by atoms with E-state index in [2.05, 4.69) is 187 Å². The van der Waals surface area contributed by atoms with Gasteiger partial charge in [-0.05, 0) is 89.7 Å². The molecule has 324 valence electrons. The zero-order chi connectivity index (χ0) is 45.4. The molecule has 4 aromatic heterocycles. The highest BCUT2D eigenvalue weighted by atomic mass is 16.3. The summed E-state index contributed by atoms with van der Waals surface area (Å²) in [6, 6.07) is 72.4. The highest BCUT2D eigenvalue weighted by Crippen LogP contribution is 2.46. The molecule has 0 atom stereocenters. The molecule has 1 aliphatic rings. The number of aryl methyl sites for hydroxylation is 1. The van der Waals surface area contributed by atoms with Crippen molar-refractivity contribution < 1.29 is 8.83 Å². The van der Waals surface area contributed by atoms with Gasteiger partial charge in [-0.3, -0.25) is 0 Å². The Morgan fingerprint density at radius 3 is 1.81 bits per heavy atom. The highest BCUT2D eigenvalue weighted by Gasteiger charge is 2.25. The fourth-order valence-corrected chi connectivity index (χ4v) is 10.5. The zero-order valence-electron chi connectivity index (χ0n) is 37.3. The van der Waals surface area contributed by atoms with Crippen molar-refractivity contribution in [2.75, 3.05) is 0 Å². The normalized spacial score (nSPS) is 12.5. The summed E-state index contributed by atoms with van der Waals surface area (Å²) in [5, 5.41) is 5.57. The minimum Gasteiger partial charge on any atom is -0.456 e. The summed E-state index contributed by atoms with van der Waals surface area (Å²) in [4.78, 5) is 15.7. The Morgan fingerprint density at radius 1 is 0.391 bits per heavy atom. The molecular formula is C63H40N4O2. The number of fused-ring (bicyclic) bond motifs is 9. The summed E-state index contributed by atoms with van der Waals surface area (Å²) in [5.74, 6) is 2.66. The van der Waals surface area contributed by atoms with Crippen LogP contribution in [0.5, 0.6) is 0 Å². The molecule has 0 saturated heterocycles. The molecular weight excluding hydrogens is 845 g/mol. The Hall–Kier alpha value is -9.13. The van der Waals surface area contributed by atoms with Gasteiger partial charge in [0.1, 0.15) is 22.5 Å². The van der Waals surface area contributed by atoms with E-state index in [4.69, 9.17) is 23.8 Å². The van der Waals surface area contributed by atoms with Crippen LogP contribution in [0.4, 0.5) is 0 Å². The molecule has 0 spiro atoms. The van der Waals surface area contributed by atoms with Gasteiger partial charge in [0.05, 0.1) is 11.0 Å². The monoisotopic (exact) mass is 884 g/mol. The Balaban J connectivity index is 1.01. The summed E-state index contributed by atoms with van der Waals surface area (Å²) >= 11 is 0. The third-order valence-electron chi connectivity index (χ3n) is 13.8. The average Bonchev–Trinajstić information content (AvgIpc) is 4.10. The molecule has 0 unspecified atom stereocenters. The largest absolute Gasteiger partial charge is 0.456 e.